The normalized spacial score (nSPS) is 11.5. The zero-order valence-corrected chi connectivity index (χ0v) is 16.9. The Bertz CT molecular complexity index is 1400. The molecule has 0 unspecified atom stereocenters. The third-order valence-corrected chi connectivity index (χ3v) is 5.93. The number of hydrogen-bond acceptors (Lipinski definition) is 5. The zero-order chi connectivity index (χ0) is 22.2. The van der Waals surface area contributed by atoms with Gasteiger partial charge in [-0.3, -0.25) is 9.52 Å². The van der Waals surface area contributed by atoms with Gasteiger partial charge in [0, 0.05) is 10.9 Å². The second-order valence-corrected chi connectivity index (χ2v) is 8.22. The van der Waals surface area contributed by atoms with Gasteiger partial charge < -0.3 is 9.15 Å². The number of carbonyl (C=O) groups is 1. The number of hydrogen-bond donors (Lipinski definition) is 1. The molecule has 3 aromatic carbocycles. The van der Waals surface area contributed by atoms with Crippen molar-refractivity contribution in [3.63, 3.8) is 0 Å². The minimum absolute atomic E-state index is 0.0962. The molecule has 1 aromatic heterocycles. The number of ketones is 1. The number of carbonyl (C=O) groups excluding carboxylic acids is 1. The Labute approximate surface area is 176 Å². The molecule has 0 fully saturated rings. The van der Waals surface area contributed by atoms with Gasteiger partial charge in [0.25, 0.3) is 10.0 Å². The van der Waals surface area contributed by atoms with Crippen LogP contribution in [-0.2, 0) is 10.0 Å². The maximum atomic E-state index is 14.1. The van der Waals surface area contributed by atoms with Crippen LogP contribution in [0.1, 0.15) is 16.1 Å². The van der Waals surface area contributed by atoms with Crippen LogP contribution in [0.25, 0.3) is 11.0 Å². The lowest BCUT2D eigenvalue weighted by Crippen LogP contribution is -2.15. The summed E-state index contributed by atoms with van der Waals surface area (Å²) in [5.41, 5.74) is 0.282. The van der Waals surface area contributed by atoms with Crippen molar-refractivity contribution in [2.45, 2.75) is 4.90 Å². The summed E-state index contributed by atoms with van der Waals surface area (Å²) < 4.78 is 65.9. The second kappa shape index (κ2) is 7.84. The number of fused-ring (bicyclic) bond motifs is 1. The summed E-state index contributed by atoms with van der Waals surface area (Å²) in [7, 11) is -3.03. The van der Waals surface area contributed by atoms with Gasteiger partial charge in [-0.15, -0.1) is 0 Å². The Hall–Kier alpha value is -3.72. The summed E-state index contributed by atoms with van der Waals surface area (Å²) in [4.78, 5) is 12.6. The van der Waals surface area contributed by atoms with Crippen molar-refractivity contribution in [2.75, 3.05) is 11.8 Å². The number of methoxy groups -OCH3 is 1. The van der Waals surface area contributed by atoms with Crippen LogP contribution in [-0.4, -0.2) is 21.3 Å². The Morgan fingerprint density at radius 3 is 2.39 bits per heavy atom. The van der Waals surface area contributed by atoms with Gasteiger partial charge in [-0.05, 0) is 54.6 Å². The molecule has 0 radical (unpaired) electrons. The molecule has 0 atom stereocenters. The summed E-state index contributed by atoms with van der Waals surface area (Å²) in [6, 6.07) is 14.4. The van der Waals surface area contributed by atoms with Crippen LogP contribution < -0.4 is 9.46 Å². The number of benzene rings is 3. The highest BCUT2D eigenvalue weighted by atomic mass is 32.2. The number of furan rings is 1. The van der Waals surface area contributed by atoms with E-state index >= 15 is 0 Å². The third-order valence-electron chi connectivity index (χ3n) is 4.58. The number of nitrogens with one attached hydrogen (secondary N) is 1. The van der Waals surface area contributed by atoms with E-state index in [1.54, 1.807) is 24.3 Å². The quantitative estimate of drug-likeness (QED) is 0.435. The van der Waals surface area contributed by atoms with E-state index in [1.165, 1.54) is 31.4 Å². The molecule has 4 rings (SSSR count). The van der Waals surface area contributed by atoms with Crippen molar-refractivity contribution >= 4 is 32.5 Å². The average Bonchev–Trinajstić information content (AvgIpc) is 3.11. The molecule has 0 saturated carbocycles. The van der Waals surface area contributed by atoms with Crippen molar-refractivity contribution in [2.24, 2.45) is 0 Å². The van der Waals surface area contributed by atoms with Gasteiger partial charge in [-0.25, -0.2) is 17.2 Å². The van der Waals surface area contributed by atoms with Gasteiger partial charge in [0.15, 0.2) is 17.3 Å². The lowest BCUT2D eigenvalue weighted by atomic mass is 10.1. The molecule has 0 bridgehead atoms. The van der Waals surface area contributed by atoms with E-state index in [2.05, 4.69) is 4.72 Å². The van der Waals surface area contributed by atoms with Crippen LogP contribution in [0, 0.1) is 11.6 Å². The molecule has 4 aromatic rings. The molecule has 0 aliphatic heterocycles. The van der Waals surface area contributed by atoms with Crippen LogP contribution in [0.5, 0.6) is 5.75 Å². The number of halogens is 2. The van der Waals surface area contributed by atoms with E-state index in [0.717, 1.165) is 18.2 Å². The largest absolute Gasteiger partial charge is 0.494 e. The van der Waals surface area contributed by atoms with Gasteiger partial charge in [0.2, 0.25) is 5.78 Å². The first-order chi connectivity index (χ1) is 14.8. The highest BCUT2D eigenvalue weighted by Crippen LogP contribution is 2.34. The van der Waals surface area contributed by atoms with E-state index in [-0.39, 0.29) is 33.2 Å². The van der Waals surface area contributed by atoms with E-state index < -0.39 is 27.4 Å². The van der Waals surface area contributed by atoms with E-state index in [1.807, 2.05) is 0 Å². The first-order valence-corrected chi connectivity index (χ1v) is 10.5. The molecule has 158 valence electrons. The summed E-state index contributed by atoms with van der Waals surface area (Å²) in [6.45, 7) is 0. The van der Waals surface area contributed by atoms with Gasteiger partial charge in [-0.1, -0.05) is 12.1 Å². The van der Waals surface area contributed by atoms with E-state index in [0.29, 0.717) is 5.39 Å². The summed E-state index contributed by atoms with van der Waals surface area (Å²) in [6.07, 6.45) is 0. The predicted molar refractivity (Wildman–Crippen MR) is 110 cm³/mol. The van der Waals surface area contributed by atoms with Crippen molar-refractivity contribution < 1.29 is 31.1 Å². The van der Waals surface area contributed by atoms with Crippen LogP contribution in [0.4, 0.5) is 14.5 Å². The molecule has 0 saturated heterocycles. The Balaban J connectivity index is 1.81. The molecule has 1 N–H and O–H groups in total. The first-order valence-electron chi connectivity index (χ1n) is 8.98. The average molecular weight is 443 g/mol. The standard InChI is InChI=1S/C22H15F2NO5S/c1-29-19-11-10-15(12-17(19)24)31(27,28)25-20-16-4-2-3-5-18(16)30-22(20)21(26)13-6-8-14(23)9-7-13/h2-12,25H,1H3. The molecular formula is C22H15F2NO5S. The molecule has 0 amide bonds. The molecule has 0 aliphatic rings. The van der Waals surface area contributed by atoms with Gasteiger partial charge in [0.1, 0.15) is 17.1 Å². The minimum atomic E-state index is -4.28. The van der Waals surface area contributed by atoms with Gasteiger partial charge in [-0.2, -0.15) is 0 Å². The SMILES string of the molecule is COc1ccc(S(=O)(=O)Nc2c(C(=O)c3ccc(F)cc3)oc3ccccc23)cc1F. The molecular weight excluding hydrogens is 428 g/mol. The first kappa shape index (κ1) is 20.5. The molecule has 1 heterocycles. The highest BCUT2D eigenvalue weighted by molar-refractivity contribution is 7.92. The Kier molecular flexibility index (Phi) is 5.20. The second-order valence-electron chi connectivity index (χ2n) is 6.54. The predicted octanol–water partition coefficient (Wildman–Crippen LogP) is 4.75. The fourth-order valence-electron chi connectivity index (χ4n) is 3.05. The highest BCUT2D eigenvalue weighted by Gasteiger charge is 2.26. The molecule has 31 heavy (non-hydrogen) atoms. The van der Waals surface area contributed by atoms with Crippen molar-refractivity contribution in [3.05, 3.63) is 89.7 Å². The number of rotatable bonds is 6. The Morgan fingerprint density at radius 1 is 1.00 bits per heavy atom. The van der Waals surface area contributed by atoms with Gasteiger partial charge >= 0.3 is 0 Å². The fraction of sp³-hybridized carbons (Fsp3) is 0.0455. The molecule has 6 nitrogen and oxygen atoms in total. The smallest absolute Gasteiger partial charge is 0.262 e. The molecule has 0 aliphatic carbocycles. The minimum Gasteiger partial charge on any atom is -0.494 e. The number of anilines is 1. The Morgan fingerprint density at radius 2 is 1.71 bits per heavy atom. The monoisotopic (exact) mass is 443 g/mol. The number of para-hydroxylation sites is 1. The van der Waals surface area contributed by atoms with Crippen LogP contribution in [0.2, 0.25) is 0 Å². The lowest BCUT2D eigenvalue weighted by molar-refractivity contribution is 0.101. The van der Waals surface area contributed by atoms with Crippen molar-refractivity contribution in [1.29, 1.82) is 0 Å². The van der Waals surface area contributed by atoms with E-state index in [9.17, 15) is 22.0 Å². The third kappa shape index (κ3) is 3.87. The van der Waals surface area contributed by atoms with Gasteiger partial charge in [0.05, 0.1) is 12.0 Å². The topological polar surface area (TPSA) is 85.6 Å². The molecule has 0 spiro atoms. The van der Waals surface area contributed by atoms with Crippen LogP contribution >= 0.6 is 0 Å². The zero-order valence-electron chi connectivity index (χ0n) is 16.1. The fourth-order valence-corrected chi connectivity index (χ4v) is 4.14. The lowest BCUT2D eigenvalue weighted by Gasteiger charge is -2.10. The summed E-state index contributed by atoms with van der Waals surface area (Å²) in [5, 5.41) is 0.338. The summed E-state index contributed by atoms with van der Waals surface area (Å²) in [5.74, 6) is -2.41. The molecule has 9 heteroatoms. The van der Waals surface area contributed by atoms with Crippen LogP contribution in [0.15, 0.2) is 76.0 Å². The number of sulfonamides is 1. The number of ether oxygens (including phenoxy) is 1. The maximum Gasteiger partial charge on any atom is 0.262 e. The summed E-state index contributed by atoms with van der Waals surface area (Å²) >= 11 is 0. The van der Waals surface area contributed by atoms with Crippen LogP contribution in [0.3, 0.4) is 0 Å². The van der Waals surface area contributed by atoms with Crippen molar-refractivity contribution in [3.8, 4) is 5.75 Å². The van der Waals surface area contributed by atoms with Crippen molar-refractivity contribution in [1.82, 2.24) is 0 Å². The van der Waals surface area contributed by atoms with E-state index in [4.69, 9.17) is 9.15 Å². The maximum absolute atomic E-state index is 14.1.